The molecule has 1 amide bonds. The summed E-state index contributed by atoms with van der Waals surface area (Å²) in [5.74, 6) is -2.33. The summed E-state index contributed by atoms with van der Waals surface area (Å²) in [6, 6.07) is 8.87. The van der Waals surface area contributed by atoms with Gasteiger partial charge in [-0.15, -0.1) is 0 Å². The SMILES string of the molecule is C[C@@H](OC(=O)c1ccc(Cl)c([N+](=O)[O-])c1)C(=O)Nc1ccccc1F. The summed E-state index contributed by atoms with van der Waals surface area (Å²) in [6.07, 6.45) is -1.25. The number of carbonyl (C=O) groups is 2. The van der Waals surface area contributed by atoms with E-state index >= 15 is 0 Å². The van der Waals surface area contributed by atoms with Crippen molar-refractivity contribution in [2.45, 2.75) is 13.0 Å². The lowest BCUT2D eigenvalue weighted by molar-refractivity contribution is -0.384. The van der Waals surface area contributed by atoms with Gasteiger partial charge in [0, 0.05) is 6.07 Å². The van der Waals surface area contributed by atoms with Crippen LogP contribution in [0.25, 0.3) is 0 Å². The molecule has 0 radical (unpaired) electrons. The Labute approximate surface area is 146 Å². The zero-order chi connectivity index (χ0) is 18.6. The van der Waals surface area contributed by atoms with Crippen LogP contribution in [0.1, 0.15) is 17.3 Å². The molecule has 0 spiro atoms. The van der Waals surface area contributed by atoms with Crippen molar-refractivity contribution >= 4 is 34.9 Å². The van der Waals surface area contributed by atoms with E-state index in [2.05, 4.69) is 5.32 Å². The van der Waals surface area contributed by atoms with Crippen molar-refractivity contribution in [3.05, 3.63) is 69.0 Å². The van der Waals surface area contributed by atoms with Crippen LogP contribution in [0.2, 0.25) is 5.02 Å². The van der Waals surface area contributed by atoms with Gasteiger partial charge >= 0.3 is 5.97 Å². The molecular formula is C16H12ClFN2O5. The second-order valence-electron chi connectivity index (χ2n) is 4.94. The number of para-hydroxylation sites is 1. The molecule has 25 heavy (non-hydrogen) atoms. The third-order valence-electron chi connectivity index (χ3n) is 3.16. The molecule has 130 valence electrons. The highest BCUT2D eigenvalue weighted by Crippen LogP contribution is 2.25. The van der Waals surface area contributed by atoms with Crippen molar-refractivity contribution in [1.29, 1.82) is 0 Å². The van der Waals surface area contributed by atoms with Gasteiger partial charge in [0.15, 0.2) is 6.10 Å². The first-order valence-corrected chi connectivity index (χ1v) is 7.37. The molecule has 0 saturated heterocycles. The fourth-order valence-electron chi connectivity index (χ4n) is 1.86. The number of halogens is 2. The summed E-state index contributed by atoms with van der Waals surface area (Å²) in [4.78, 5) is 34.1. The summed E-state index contributed by atoms with van der Waals surface area (Å²) in [6.45, 7) is 1.29. The fourth-order valence-corrected chi connectivity index (χ4v) is 2.05. The van der Waals surface area contributed by atoms with Crippen LogP contribution in [0.5, 0.6) is 0 Å². The van der Waals surface area contributed by atoms with Gasteiger partial charge in [-0.1, -0.05) is 23.7 Å². The Morgan fingerprint density at radius 2 is 1.96 bits per heavy atom. The number of carbonyl (C=O) groups excluding carboxylic acids is 2. The van der Waals surface area contributed by atoms with Crippen LogP contribution in [-0.4, -0.2) is 22.9 Å². The van der Waals surface area contributed by atoms with Gasteiger partial charge in [-0.3, -0.25) is 14.9 Å². The van der Waals surface area contributed by atoms with E-state index < -0.39 is 34.4 Å². The predicted octanol–water partition coefficient (Wildman–Crippen LogP) is 3.57. The zero-order valence-corrected chi connectivity index (χ0v) is 13.6. The van der Waals surface area contributed by atoms with Crippen molar-refractivity contribution in [2.24, 2.45) is 0 Å². The molecule has 7 nitrogen and oxygen atoms in total. The van der Waals surface area contributed by atoms with Crippen molar-refractivity contribution < 1.29 is 23.6 Å². The third kappa shape index (κ3) is 4.51. The van der Waals surface area contributed by atoms with Crippen LogP contribution >= 0.6 is 11.6 Å². The molecule has 9 heteroatoms. The van der Waals surface area contributed by atoms with Crippen molar-refractivity contribution in [3.8, 4) is 0 Å². The molecule has 0 bridgehead atoms. The summed E-state index contributed by atoms with van der Waals surface area (Å²) in [5, 5.41) is 13.0. The molecule has 0 fully saturated rings. The van der Waals surface area contributed by atoms with Gasteiger partial charge < -0.3 is 10.1 Å². The second-order valence-corrected chi connectivity index (χ2v) is 5.35. The highest BCUT2D eigenvalue weighted by molar-refractivity contribution is 6.32. The summed E-state index contributed by atoms with van der Waals surface area (Å²) >= 11 is 5.66. The number of anilines is 1. The van der Waals surface area contributed by atoms with Crippen molar-refractivity contribution in [1.82, 2.24) is 0 Å². The first-order valence-electron chi connectivity index (χ1n) is 7.00. The number of hydrogen-bond donors (Lipinski definition) is 1. The number of esters is 1. The molecule has 1 N–H and O–H groups in total. The van der Waals surface area contributed by atoms with Gasteiger partial charge in [0.2, 0.25) is 0 Å². The molecule has 0 saturated carbocycles. The Kier molecular flexibility index (Phi) is 5.66. The van der Waals surface area contributed by atoms with Crippen LogP contribution < -0.4 is 5.32 Å². The largest absolute Gasteiger partial charge is 0.449 e. The van der Waals surface area contributed by atoms with E-state index in [0.717, 1.165) is 6.07 Å². The summed E-state index contributed by atoms with van der Waals surface area (Å²) < 4.78 is 18.4. The second kappa shape index (κ2) is 7.71. The highest BCUT2D eigenvalue weighted by Gasteiger charge is 2.22. The average Bonchev–Trinajstić information content (AvgIpc) is 2.56. The van der Waals surface area contributed by atoms with E-state index in [1.54, 1.807) is 0 Å². The number of rotatable bonds is 5. The Morgan fingerprint density at radius 1 is 1.28 bits per heavy atom. The van der Waals surface area contributed by atoms with E-state index in [0.29, 0.717) is 0 Å². The smallest absolute Gasteiger partial charge is 0.339 e. The van der Waals surface area contributed by atoms with Crippen molar-refractivity contribution in [2.75, 3.05) is 5.32 Å². The van der Waals surface area contributed by atoms with Crippen LogP contribution in [0.4, 0.5) is 15.8 Å². The predicted molar refractivity (Wildman–Crippen MR) is 88.0 cm³/mol. The van der Waals surface area contributed by atoms with E-state index in [9.17, 15) is 24.1 Å². The first kappa shape index (κ1) is 18.3. The van der Waals surface area contributed by atoms with Gasteiger partial charge in [0.1, 0.15) is 10.8 Å². The lowest BCUT2D eigenvalue weighted by Gasteiger charge is -2.14. The minimum Gasteiger partial charge on any atom is -0.449 e. The van der Waals surface area contributed by atoms with Gasteiger partial charge in [-0.2, -0.15) is 0 Å². The third-order valence-corrected chi connectivity index (χ3v) is 3.48. The Balaban J connectivity index is 2.07. The zero-order valence-electron chi connectivity index (χ0n) is 12.9. The lowest BCUT2D eigenvalue weighted by atomic mass is 10.2. The molecule has 0 aliphatic rings. The van der Waals surface area contributed by atoms with Crippen LogP contribution in [0.3, 0.4) is 0 Å². The molecule has 0 heterocycles. The maximum atomic E-state index is 13.5. The van der Waals surface area contributed by atoms with E-state index in [-0.39, 0.29) is 16.3 Å². The topological polar surface area (TPSA) is 98.5 Å². The number of ether oxygens (including phenoxy) is 1. The average molecular weight is 367 g/mol. The number of nitro groups is 1. The maximum absolute atomic E-state index is 13.5. The summed E-state index contributed by atoms with van der Waals surface area (Å²) in [5.41, 5.74) is -0.654. The number of nitro benzene ring substituents is 1. The molecule has 2 rings (SSSR count). The molecule has 2 aromatic carbocycles. The van der Waals surface area contributed by atoms with Gasteiger partial charge in [0.25, 0.3) is 11.6 Å². The van der Waals surface area contributed by atoms with Gasteiger partial charge in [-0.25, -0.2) is 9.18 Å². The van der Waals surface area contributed by atoms with Crippen LogP contribution in [0, 0.1) is 15.9 Å². The minimum atomic E-state index is -1.25. The molecule has 0 aliphatic heterocycles. The van der Waals surface area contributed by atoms with Crippen molar-refractivity contribution in [3.63, 3.8) is 0 Å². The van der Waals surface area contributed by atoms with E-state index in [4.69, 9.17) is 16.3 Å². The molecular weight excluding hydrogens is 355 g/mol. The Morgan fingerprint density at radius 3 is 2.60 bits per heavy atom. The number of nitrogens with one attached hydrogen (secondary N) is 1. The monoisotopic (exact) mass is 366 g/mol. The standard InChI is InChI=1S/C16H12ClFN2O5/c1-9(15(21)19-13-5-3-2-4-12(13)18)25-16(22)10-6-7-11(17)14(8-10)20(23)24/h2-9H,1H3,(H,19,21)/t9-/m1/s1. The number of benzene rings is 2. The molecule has 2 aromatic rings. The first-order chi connectivity index (χ1) is 11.8. The molecule has 0 unspecified atom stereocenters. The number of nitrogens with zero attached hydrogens (tertiary/aromatic N) is 1. The van der Waals surface area contributed by atoms with Gasteiger partial charge in [0.05, 0.1) is 16.2 Å². The molecule has 0 aliphatic carbocycles. The normalized spacial score (nSPS) is 11.5. The fraction of sp³-hybridized carbons (Fsp3) is 0.125. The minimum absolute atomic E-state index is 0.0578. The number of hydrogen-bond acceptors (Lipinski definition) is 5. The lowest BCUT2D eigenvalue weighted by Crippen LogP contribution is -2.30. The molecule has 0 aromatic heterocycles. The Bertz CT molecular complexity index is 843. The quantitative estimate of drug-likeness (QED) is 0.495. The van der Waals surface area contributed by atoms with E-state index in [1.807, 2.05) is 0 Å². The maximum Gasteiger partial charge on any atom is 0.339 e. The van der Waals surface area contributed by atoms with Crippen LogP contribution in [-0.2, 0) is 9.53 Å². The molecule has 1 atom stereocenters. The Hall–Kier alpha value is -3.00. The van der Waals surface area contributed by atoms with E-state index in [1.165, 1.54) is 43.3 Å². The summed E-state index contributed by atoms with van der Waals surface area (Å²) in [7, 11) is 0. The van der Waals surface area contributed by atoms with Crippen LogP contribution in [0.15, 0.2) is 42.5 Å². The van der Waals surface area contributed by atoms with Gasteiger partial charge in [-0.05, 0) is 31.2 Å². The number of amides is 1. The highest BCUT2D eigenvalue weighted by atomic mass is 35.5.